The maximum atomic E-state index is 5.42. The van der Waals surface area contributed by atoms with E-state index in [0.717, 1.165) is 26.1 Å². The van der Waals surface area contributed by atoms with Gasteiger partial charge in [-0.3, -0.25) is 0 Å². The summed E-state index contributed by atoms with van der Waals surface area (Å²) in [5.74, 6) is 0. The molecule has 0 spiro atoms. The Bertz CT molecular complexity index is 284. The number of ether oxygens (including phenoxy) is 2. The molecule has 0 amide bonds. The monoisotopic (exact) mass is 352 g/mol. The van der Waals surface area contributed by atoms with Gasteiger partial charge in [-0.15, -0.1) is 0 Å². The average Bonchev–Trinajstić information content (AvgIpc) is 2.63. The SMILES string of the molecule is CCCC/C=C/CCCCCCCC/C=C\CCOCOCCCC. The molecule has 0 aliphatic rings. The van der Waals surface area contributed by atoms with Gasteiger partial charge in [0.1, 0.15) is 6.79 Å². The molecule has 148 valence electrons. The highest BCUT2D eigenvalue weighted by Gasteiger charge is 1.91. The molecule has 2 heteroatoms. The third kappa shape index (κ3) is 23.4. The van der Waals surface area contributed by atoms with Gasteiger partial charge in [-0.2, -0.15) is 0 Å². The molecule has 0 atom stereocenters. The number of rotatable bonds is 20. The highest BCUT2D eigenvalue weighted by atomic mass is 16.7. The molecule has 0 aromatic rings. The number of allylic oxidation sites excluding steroid dienone is 3. The van der Waals surface area contributed by atoms with Gasteiger partial charge < -0.3 is 9.47 Å². The Morgan fingerprint density at radius 1 is 0.480 bits per heavy atom. The molecule has 0 saturated heterocycles. The van der Waals surface area contributed by atoms with E-state index >= 15 is 0 Å². The Morgan fingerprint density at radius 3 is 1.56 bits per heavy atom. The van der Waals surface area contributed by atoms with Crippen LogP contribution in [0.4, 0.5) is 0 Å². The first-order valence-corrected chi connectivity index (χ1v) is 10.9. The lowest BCUT2D eigenvalue weighted by atomic mass is 10.1. The molecule has 0 rings (SSSR count). The van der Waals surface area contributed by atoms with Gasteiger partial charge in [-0.05, 0) is 44.9 Å². The second-order valence-electron chi connectivity index (χ2n) is 6.86. The van der Waals surface area contributed by atoms with Gasteiger partial charge in [-0.25, -0.2) is 0 Å². The highest BCUT2D eigenvalue weighted by Crippen LogP contribution is 2.09. The smallest absolute Gasteiger partial charge is 0.146 e. The number of unbranched alkanes of at least 4 members (excludes halogenated alkanes) is 10. The second kappa shape index (κ2) is 23.4. The van der Waals surface area contributed by atoms with Crippen molar-refractivity contribution < 1.29 is 9.47 Å². The highest BCUT2D eigenvalue weighted by molar-refractivity contribution is 4.82. The molecule has 0 aliphatic heterocycles. The van der Waals surface area contributed by atoms with E-state index in [1.165, 1.54) is 77.0 Å². The van der Waals surface area contributed by atoms with Crippen molar-refractivity contribution in [3.05, 3.63) is 24.3 Å². The zero-order valence-corrected chi connectivity index (χ0v) is 17.1. The normalized spacial score (nSPS) is 11.9. The van der Waals surface area contributed by atoms with Gasteiger partial charge >= 0.3 is 0 Å². The first kappa shape index (κ1) is 24.4. The van der Waals surface area contributed by atoms with Crippen LogP contribution in [0.2, 0.25) is 0 Å². The average molecular weight is 353 g/mol. The molecule has 0 fully saturated rings. The molecule has 0 aromatic carbocycles. The lowest BCUT2D eigenvalue weighted by Crippen LogP contribution is -2.02. The summed E-state index contributed by atoms with van der Waals surface area (Å²) in [6.07, 6.45) is 27.3. The molecule has 0 bridgehead atoms. The molecule has 0 aromatic heterocycles. The van der Waals surface area contributed by atoms with Crippen LogP contribution in [0, 0.1) is 0 Å². The van der Waals surface area contributed by atoms with E-state index in [1.54, 1.807) is 0 Å². The minimum Gasteiger partial charge on any atom is -0.355 e. The van der Waals surface area contributed by atoms with Gasteiger partial charge in [0.05, 0.1) is 6.61 Å². The summed E-state index contributed by atoms with van der Waals surface area (Å²) in [6, 6.07) is 0. The van der Waals surface area contributed by atoms with Crippen LogP contribution < -0.4 is 0 Å². The Morgan fingerprint density at radius 2 is 0.960 bits per heavy atom. The minimum absolute atomic E-state index is 0.447. The van der Waals surface area contributed by atoms with Crippen LogP contribution in [-0.4, -0.2) is 20.0 Å². The van der Waals surface area contributed by atoms with Crippen molar-refractivity contribution in [1.82, 2.24) is 0 Å². The molecule has 0 aliphatic carbocycles. The second-order valence-corrected chi connectivity index (χ2v) is 6.86. The third-order valence-electron chi connectivity index (χ3n) is 4.29. The minimum atomic E-state index is 0.447. The summed E-state index contributed by atoms with van der Waals surface area (Å²) in [5.41, 5.74) is 0. The van der Waals surface area contributed by atoms with E-state index in [0.29, 0.717) is 6.79 Å². The quantitative estimate of drug-likeness (QED) is 0.128. The predicted molar refractivity (Wildman–Crippen MR) is 111 cm³/mol. The maximum Gasteiger partial charge on any atom is 0.146 e. The van der Waals surface area contributed by atoms with Gasteiger partial charge in [0.15, 0.2) is 0 Å². The Kier molecular flexibility index (Phi) is 22.8. The zero-order valence-electron chi connectivity index (χ0n) is 17.1. The summed E-state index contributed by atoms with van der Waals surface area (Å²) in [5, 5.41) is 0. The summed E-state index contributed by atoms with van der Waals surface area (Å²) in [7, 11) is 0. The Hall–Kier alpha value is -0.600. The van der Waals surface area contributed by atoms with Gasteiger partial charge in [0.2, 0.25) is 0 Å². The van der Waals surface area contributed by atoms with Gasteiger partial charge in [-0.1, -0.05) is 83.1 Å². The third-order valence-corrected chi connectivity index (χ3v) is 4.29. The summed E-state index contributed by atoms with van der Waals surface area (Å²) in [4.78, 5) is 0. The predicted octanol–water partition coefficient (Wildman–Crippen LogP) is 7.59. The van der Waals surface area contributed by atoms with E-state index in [9.17, 15) is 0 Å². The van der Waals surface area contributed by atoms with Crippen LogP contribution in [0.15, 0.2) is 24.3 Å². The fraction of sp³-hybridized carbons (Fsp3) is 0.826. The van der Waals surface area contributed by atoms with Crippen molar-refractivity contribution in [2.75, 3.05) is 20.0 Å². The fourth-order valence-electron chi connectivity index (χ4n) is 2.60. The van der Waals surface area contributed by atoms with Gasteiger partial charge in [0, 0.05) is 6.61 Å². The molecule has 0 N–H and O–H groups in total. The number of hydrogen-bond acceptors (Lipinski definition) is 2. The van der Waals surface area contributed by atoms with Crippen molar-refractivity contribution in [2.24, 2.45) is 0 Å². The van der Waals surface area contributed by atoms with Gasteiger partial charge in [0.25, 0.3) is 0 Å². The first-order chi connectivity index (χ1) is 12.4. The fourth-order valence-corrected chi connectivity index (χ4v) is 2.60. The standard InChI is InChI=1S/C23H44O2/c1-3-5-7-8-9-10-11-12-13-14-15-16-17-18-19-20-22-25-23-24-21-6-4-2/h8-9,18-19H,3-7,10-17,20-23H2,1-2H3/b9-8+,19-18-. The molecular formula is C23H44O2. The van der Waals surface area contributed by atoms with Crippen LogP contribution >= 0.6 is 0 Å². The molecule has 2 nitrogen and oxygen atoms in total. The molecular weight excluding hydrogens is 308 g/mol. The molecule has 0 unspecified atom stereocenters. The van der Waals surface area contributed by atoms with E-state index < -0.39 is 0 Å². The summed E-state index contributed by atoms with van der Waals surface area (Å²) in [6.45, 7) is 6.47. The molecule has 0 radical (unpaired) electrons. The van der Waals surface area contributed by atoms with Crippen molar-refractivity contribution in [3.63, 3.8) is 0 Å². The Labute approximate surface area is 158 Å². The zero-order chi connectivity index (χ0) is 18.3. The maximum absolute atomic E-state index is 5.42. The van der Waals surface area contributed by atoms with E-state index in [-0.39, 0.29) is 0 Å². The summed E-state index contributed by atoms with van der Waals surface area (Å²) < 4.78 is 10.8. The lowest BCUT2D eigenvalue weighted by Gasteiger charge is -2.03. The van der Waals surface area contributed by atoms with Crippen LogP contribution in [0.25, 0.3) is 0 Å². The van der Waals surface area contributed by atoms with Crippen LogP contribution in [-0.2, 0) is 9.47 Å². The number of hydrogen-bond donors (Lipinski definition) is 0. The largest absolute Gasteiger partial charge is 0.355 e. The van der Waals surface area contributed by atoms with E-state index in [4.69, 9.17) is 9.47 Å². The van der Waals surface area contributed by atoms with Crippen molar-refractivity contribution in [2.45, 2.75) is 104 Å². The Balaban J connectivity index is 3.09. The van der Waals surface area contributed by atoms with Crippen LogP contribution in [0.1, 0.15) is 104 Å². The van der Waals surface area contributed by atoms with Crippen molar-refractivity contribution in [1.29, 1.82) is 0 Å². The molecule has 0 heterocycles. The van der Waals surface area contributed by atoms with E-state index in [2.05, 4.69) is 38.2 Å². The topological polar surface area (TPSA) is 18.5 Å². The molecule has 25 heavy (non-hydrogen) atoms. The first-order valence-electron chi connectivity index (χ1n) is 10.9. The van der Waals surface area contributed by atoms with Crippen molar-refractivity contribution in [3.8, 4) is 0 Å². The van der Waals surface area contributed by atoms with Crippen LogP contribution in [0.5, 0.6) is 0 Å². The van der Waals surface area contributed by atoms with Crippen molar-refractivity contribution >= 4 is 0 Å². The van der Waals surface area contributed by atoms with E-state index in [1.807, 2.05) is 0 Å². The lowest BCUT2D eigenvalue weighted by molar-refractivity contribution is -0.0528. The van der Waals surface area contributed by atoms with Crippen LogP contribution in [0.3, 0.4) is 0 Å². The summed E-state index contributed by atoms with van der Waals surface area (Å²) >= 11 is 0. The molecule has 0 saturated carbocycles.